The van der Waals surface area contributed by atoms with Crippen LogP contribution in [0.4, 0.5) is 11.4 Å². The van der Waals surface area contributed by atoms with Crippen molar-refractivity contribution in [3.63, 3.8) is 0 Å². The predicted molar refractivity (Wildman–Crippen MR) is 99.9 cm³/mol. The van der Waals surface area contributed by atoms with Gasteiger partial charge >= 0.3 is 5.69 Å². The van der Waals surface area contributed by atoms with E-state index in [1.54, 1.807) is 23.2 Å². The van der Waals surface area contributed by atoms with Crippen LogP contribution in [0.3, 0.4) is 0 Å². The second kappa shape index (κ2) is 7.55. The van der Waals surface area contributed by atoms with Crippen LogP contribution in [0.1, 0.15) is 40.0 Å². The largest absolute Gasteiger partial charge is 0.370 e. The third kappa shape index (κ3) is 3.32. The molecule has 0 radical (unpaired) electrons. The van der Waals surface area contributed by atoms with Gasteiger partial charge in [0.15, 0.2) is 0 Å². The predicted octanol–water partition coefficient (Wildman–Crippen LogP) is 2.85. The first-order valence-corrected chi connectivity index (χ1v) is 8.68. The van der Waals surface area contributed by atoms with Crippen LogP contribution < -0.4 is 15.9 Å². The van der Waals surface area contributed by atoms with E-state index in [1.807, 2.05) is 12.1 Å². The van der Waals surface area contributed by atoms with Crippen LogP contribution in [0.5, 0.6) is 0 Å². The zero-order valence-corrected chi connectivity index (χ0v) is 15.3. The van der Waals surface area contributed by atoms with Gasteiger partial charge in [-0.3, -0.25) is 13.9 Å². The van der Waals surface area contributed by atoms with Crippen molar-refractivity contribution in [1.29, 1.82) is 0 Å². The summed E-state index contributed by atoms with van der Waals surface area (Å²) >= 11 is 0. The van der Waals surface area contributed by atoms with E-state index in [0.29, 0.717) is 6.42 Å². The van der Waals surface area contributed by atoms with Crippen LogP contribution in [-0.2, 0) is 18.9 Å². The maximum atomic E-state index is 12.2. The summed E-state index contributed by atoms with van der Waals surface area (Å²) in [6.45, 7) is 7.91. The lowest BCUT2D eigenvalue weighted by Gasteiger charge is -2.24. The molecule has 0 fully saturated rings. The van der Waals surface area contributed by atoms with E-state index in [4.69, 9.17) is 0 Å². The Kier molecular flexibility index (Phi) is 5.70. The summed E-state index contributed by atoms with van der Waals surface area (Å²) < 4.78 is 3.26. The van der Waals surface area contributed by atoms with Crippen molar-refractivity contribution < 1.29 is 4.79 Å². The Labute approximate surface area is 143 Å². The molecule has 0 aliphatic heterocycles. The molecule has 2 rings (SSSR count). The number of aryl methyl sites for hydroxylation is 2. The highest BCUT2D eigenvalue weighted by Crippen LogP contribution is 2.31. The van der Waals surface area contributed by atoms with E-state index in [-0.39, 0.29) is 11.6 Å². The molecule has 0 aliphatic rings. The number of nitrogens with zero attached hydrogens (tertiary/aromatic N) is 3. The van der Waals surface area contributed by atoms with Gasteiger partial charge in [-0.25, -0.2) is 4.79 Å². The molecule has 24 heavy (non-hydrogen) atoms. The fourth-order valence-corrected chi connectivity index (χ4v) is 3.01. The second-order valence-electron chi connectivity index (χ2n) is 6.08. The number of aromatic nitrogens is 2. The van der Waals surface area contributed by atoms with Crippen molar-refractivity contribution in [2.45, 2.75) is 40.0 Å². The Morgan fingerprint density at radius 1 is 1.08 bits per heavy atom. The molecule has 1 N–H and O–H groups in total. The lowest BCUT2D eigenvalue weighted by atomic mass is 10.2. The molecule has 0 unspecified atom stereocenters. The number of benzene rings is 1. The van der Waals surface area contributed by atoms with Gasteiger partial charge in [0.1, 0.15) is 0 Å². The highest BCUT2D eigenvalue weighted by molar-refractivity contribution is 5.98. The van der Waals surface area contributed by atoms with Crippen molar-refractivity contribution in [3.8, 4) is 0 Å². The number of rotatable bonds is 7. The molecule has 2 aromatic rings. The van der Waals surface area contributed by atoms with Crippen molar-refractivity contribution >= 4 is 28.3 Å². The number of imidazole rings is 1. The van der Waals surface area contributed by atoms with Crippen LogP contribution in [0.2, 0.25) is 0 Å². The molecule has 0 spiro atoms. The molecule has 0 bridgehead atoms. The highest BCUT2D eigenvalue weighted by atomic mass is 16.2. The SMILES string of the molecule is CCCCC(=O)Nc1cc2c(cc1N(CC)CC)n(C)c(=O)n2C. The van der Waals surface area contributed by atoms with Gasteiger partial charge in [0.2, 0.25) is 5.91 Å². The fraction of sp³-hybridized carbons (Fsp3) is 0.556. The summed E-state index contributed by atoms with van der Waals surface area (Å²) in [7, 11) is 3.53. The van der Waals surface area contributed by atoms with Crippen LogP contribution in [-0.4, -0.2) is 28.1 Å². The zero-order chi connectivity index (χ0) is 17.9. The lowest BCUT2D eigenvalue weighted by Crippen LogP contribution is -2.24. The Morgan fingerprint density at radius 2 is 1.67 bits per heavy atom. The number of anilines is 2. The number of carbonyl (C=O) groups is 1. The van der Waals surface area contributed by atoms with Crippen molar-refractivity contribution in [1.82, 2.24) is 9.13 Å². The maximum Gasteiger partial charge on any atom is 0.328 e. The van der Waals surface area contributed by atoms with Gasteiger partial charge in [-0.2, -0.15) is 0 Å². The molecule has 0 atom stereocenters. The topological polar surface area (TPSA) is 59.3 Å². The van der Waals surface area contributed by atoms with Gasteiger partial charge < -0.3 is 10.2 Å². The third-order valence-electron chi connectivity index (χ3n) is 4.53. The zero-order valence-electron chi connectivity index (χ0n) is 15.3. The lowest BCUT2D eigenvalue weighted by molar-refractivity contribution is -0.116. The van der Waals surface area contributed by atoms with Gasteiger partial charge in [0.05, 0.1) is 22.4 Å². The number of amides is 1. The minimum Gasteiger partial charge on any atom is -0.370 e. The van der Waals surface area contributed by atoms with Crippen LogP contribution in [0.15, 0.2) is 16.9 Å². The minimum atomic E-state index is -0.0649. The molecule has 1 amide bonds. The molecule has 0 saturated heterocycles. The standard InChI is InChI=1S/C18H28N4O2/c1-6-9-10-17(23)19-13-11-15-16(21(5)18(24)20(15)4)12-14(13)22(7-2)8-3/h11-12H,6-10H2,1-5H3,(H,19,23). The van der Waals surface area contributed by atoms with Crippen LogP contribution in [0.25, 0.3) is 11.0 Å². The first-order chi connectivity index (χ1) is 11.4. The van der Waals surface area contributed by atoms with E-state index in [0.717, 1.165) is 48.3 Å². The Bertz CT molecular complexity index is 784. The number of carbonyl (C=O) groups excluding carboxylic acids is 1. The molecule has 0 saturated carbocycles. The van der Waals surface area contributed by atoms with Gasteiger partial charge in [-0.05, 0) is 32.4 Å². The second-order valence-corrected chi connectivity index (χ2v) is 6.08. The van der Waals surface area contributed by atoms with Crippen molar-refractivity contribution in [3.05, 3.63) is 22.6 Å². The molecule has 6 nitrogen and oxygen atoms in total. The molecular weight excluding hydrogens is 304 g/mol. The number of hydrogen-bond acceptors (Lipinski definition) is 3. The molecule has 1 aromatic heterocycles. The van der Waals surface area contributed by atoms with Crippen LogP contribution >= 0.6 is 0 Å². The van der Waals surface area contributed by atoms with Crippen molar-refractivity contribution in [2.75, 3.05) is 23.3 Å². The number of hydrogen-bond donors (Lipinski definition) is 1. The summed E-state index contributed by atoms with van der Waals surface area (Å²) in [5.74, 6) is 0.0190. The average Bonchev–Trinajstić information content (AvgIpc) is 2.78. The van der Waals surface area contributed by atoms with E-state index in [9.17, 15) is 9.59 Å². The molecular formula is C18H28N4O2. The summed E-state index contributed by atoms with van der Waals surface area (Å²) in [5.41, 5.74) is 3.36. The highest BCUT2D eigenvalue weighted by Gasteiger charge is 2.16. The van der Waals surface area contributed by atoms with Gasteiger partial charge in [-0.1, -0.05) is 13.3 Å². The van der Waals surface area contributed by atoms with Gasteiger partial charge in [0, 0.05) is 33.6 Å². The van der Waals surface area contributed by atoms with Gasteiger partial charge in [-0.15, -0.1) is 0 Å². The quantitative estimate of drug-likeness (QED) is 0.848. The third-order valence-corrected chi connectivity index (χ3v) is 4.53. The fourth-order valence-electron chi connectivity index (χ4n) is 3.01. The Hall–Kier alpha value is -2.24. The number of nitrogens with one attached hydrogen (secondary N) is 1. The first kappa shape index (κ1) is 18.1. The average molecular weight is 332 g/mol. The summed E-state index contributed by atoms with van der Waals surface area (Å²) in [5, 5.41) is 3.04. The first-order valence-electron chi connectivity index (χ1n) is 8.68. The van der Waals surface area contributed by atoms with E-state index in [2.05, 4.69) is 31.0 Å². The van der Waals surface area contributed by atoms with E-state index >= 15 is 0 Å². The van der Waals surface area contributed by atoms with Crippen LogP contribution in [0, 0.1) is 0 Å². The summed E-state index contributed by atoms with van der Waals surface area (Å²) in [6.07, 6.45) is 2.38. The molecule has 132 valence electrons. The van der Waals surface area contributed by atoms with Crippen molar-refractivity contribution in [2.24, 2.45) is 14.1 Å². The molecule has 1 heterocycles. The Morgan fingerprint density at radius 3 is 2.21 bits per heavy atom. The van der Waals surface area contributed by atoms with E-state index < -0.39 is 0 Å². The summed E-state index contributed by atoms with van der Waals surface area (Å²) in [6, 6.07) is 3.91. The molecule has 1 aromatic carbocycles. The summed E-state index contributed by atoms with van der Waals surface area (Å²) in [4.78, 5) is 26.6. The Balaban J connectivity index is 2.57. The van der Waals surface area contributed by atoms with E-state index in [1.165, 1.54) is 0 Å². The van der Waals surface area contributed by atoms with Gasteiger partial charge in [0.25, 0.3) is 0 Å². The molecule has 6 heteroatoms. The normalized spacial score (nSPS) is 11.0. The molecule has 0 aliphatic carbocycles. The number of unbranched alkanes of at least 4 members (excludes halogenated alkanes) is 1. The number of fused-ring (bicyclic) bond motifs is 1. The monoisotopic (exact) mass is 332 g/mol. The smallest absolute Gasteiger partial charge is 0.328 e. The maximum absolute atomic E-state index is 12.2. The minimum absolute atomic E-state index is 0.0190.